The van der Waals surface area contributed by atoms with Crippen LogP contribution in [0.25, 0.3) is 0 Å². The lowest BCUT2D eigenvalue weighted by Gasteiger charge is -2.23. The van der Waals surface area contributed by atoms with Crippen LogP contribution in [-0.4, -0.2) is 45.2 Å². The zero-order valence-corrected chi connectivity index (χ0v) is 13.5. The van der Waals surface area contributed by atoms with Crippen molar-refractivity contribution >= 4 is 10.0 Å². The lowest BCUT2D eigenvalue weighted by molar-refractivity contribution is 0.365. The minimum atomic E-state index is -3.08. The van der Waals surface area contributed by atoms with Gasteiger partial charge in [0.15, 0.2) is 0 Å². The average molecular weight is 278 g/mol. The minimum Gasteiger partial charge on any atom is -0.313 e. The van der Waals surface area contributed by atoms with Gasteiger partial charge in [0.1, 0.15) is 0 Å². The van der Waals surface area contributed by atoms with E-state index in [9.17, 15) is 8.42 Å². The maximum atomic E-state index is 11.6. The Labute approximate surface area is 113 Å². The van der Waals surface area contributed by atoms with Gasteiger partial charge in [-0.3, -0.25) is 0 Å². The smallest absolute Gasteiger partial charge is 0.214 e. The molecule has 110 valence electrons. The average Bonchev–Trinajstić information content (AvgIpc) is 2.14. The first kappa shape index (κ1) is 17.9. The summed E-state index contributed by atoms with van der Waals surface area (Å²) in [5.41, 5.74) is 0. The molecule has 0 rings (SSSR count). The lowest BCUT2D eigenvalue weighted by Crippen LogP contribution is -2.37. The van der Waals surface area contributed by atoms with E-state index in [-0.39, 0.29) is 5.75 Å². The Kier molecular flexibility index (Phi) is 8.06. The quantitative estimate of drug-likeness (QED) is 0.701. The Hall–Kier alpha value is -0.130. The standard InChI is InChI=1S/C13H30N2O2S/c1-11(2)9-13(10-12(3)4)14-7-8-18(16,17)15(5)6/h11-14H,7-10H2,1-6H3. The zero-order valence-electron chi connectivity index (χ0n) is 12.7. The summed E-state index contributed by atoms with van der Waals surface area (Å²) in [6.07, 6.45) is 2.19. The van der Waals surface area contributed by atoms with Crippen LogP contribution < -0.4 is 5.32 Å². The Morgan fingerprint density at radius 1 is 1.00 bits per heavy atom. The molecule has 0 aliphatic heterocycles. The monoisotopic (exact) mass is 278 g/mol. The number of nitrogens with zero attached hydrogens (tertiary/aromatic N) is 1. The highest BCUT2D eigenvalue weighted by atomic mass is 32.2. The second kappa shape index (κ2) is 8.12. The Morgan fingerprint density at radius 2 is 1.44 bits per heavy atom. The van der Waals surface area contributed by atoms with Crippen LogP contribution in [0.5, 0.6) is 0 Å². The lowest BCUT2D eigenvalue weighted by atomic mass is 9.96. The molecule has 0 fully saturated rings. The van der Waals surface area contributed by atoms with E-state index in [0.717, 1.165) is 12.8 Å². The molecule has 18 heavy (non-hydrogen) atoms. The summed E-state index contributed by atoms with van der Waals surface area (Å²) in [6, 6.07) is 0.419. The number of hydrogen-bond acceptors (Lipinski definition) is 3. The van der Waals surface area contributed by atoms with E-state index in [1.54, 1.807) is 14.1 Å². The van der Waals surface area contributed by atoms with Crippen molar-refractivity contribution in [3.05, 3.63) is 0 Å². The number of hydrogen-bond donors (Lipinski definition) is 1. The van der Waals surface area contributed by atoms with E-state index in [0.29, 0.717) is 24.4 Å². The molecule has 0 aliphatic carbocycles. The molecule has 4 nitrogen and oxygen atoms in total. The topological polar surface area (TPSA) is 49.4 Å². The first-order valence-corrected chi connectivity index (χ1v) is 8.39. The molecule has 0 radical (unpaired) electrons. The van der Waals surface area contributed by atoms with Gasteiger partial charge in [-0.1, -0.05) is 27.7 Å². The van der Waals surface area contributed by atoms with Crippen molar-refractivity contribution in [1.82, 2.24) is 9.62 Å². The van der Waals surface area contributed by atoms with Gasteiger partial charge in [-0.2, -0.15) is 0 Å². The number of sulfonamides is 1. The van der Waals surface area contributed by atoms with E-state index in [2.05, 4.69) is 33.0 Å². The number of rotatable bonds is 9. The molecule has 0 heterocycles. The Bertz CT molecular complexity index is 301. The summed E-state index contributed by atoms with van der Waals surface area (Å²) in [5.74, 6) is 1.44. The molecule has 0 bridgehead atoms. The molecule has 0 aromatic heterocycles. The summed E-state index contributed by atoms with van der Waals surface area (Å²) >= 11 is 0. The summed E-state index contributed by atoms with van der Waals surface area (Å²) in [6.45, 7) is 9.33. The fourth-order valence-corrected chi connectivity index (χ4v) is 2.72. The van der Waals surface area contributed by atoms with Crippen molar-refractivity contribution in [2.45, 2.75) is 46.6 Å². The highest BCUT2D eigenvalue weighted by Crippen LogP contribution is 2.13. The Balaban J connectivity index is 4.19. The van der Waals surface area contributed by atoms with Crippen LogP contribution in [0, 0.1) is 11.8 Å². The molecule has 0 atom stereocenters. The highest BCUT2D eigenvalue weighted by molar-refractivity contribution is 7.89. The third-order valence-electron chi connectivity index (χ3n) is 2.86. The minimum absolute atomic E-state index is 0.173. The van der Waals surface area contributed by atoms with Gasteiger partial charge in [-0.15, -0.1) is 0 Å². The molecule has 0 unspecified atom stereocenters. The molecular weight excluding hydrogens is 248 g/mol. The normalized spacial score (nSPS) is 13.2. The summed E-state index contributed by atoms with van der Waals surface area (Å²) in [4.78, 5) is 0. The molecule has 0 aromatic rings. The van der Waals surface area contributed by atoms with Gasteiger partial charge < -0.3 is 5.32 Å². The maximum absolute atomic E-state index is 11.6. The maximum Gasteiger partial charge on any atom is 0.214 e. The van der Waals surface area contributed by atoms with Crippen LogP contribution in [0.2, 0.25) is 0 Å². The van der Waals surface area contributed by atoms with Crippen LogP contribution in [-0.2, 0) is 10.0 Å². The predicted molar refractivity (Wildman–Crippen MR) is 78.2 cm³/mol. The summed E-state index contributed by atoms with van der Waals surface area (Å²) < 4.78 is 24.6. The van der Waals surface area contributed by atoms with Crippen molar-refractivity contribution in [1.29, 1.82) is 0 Å². The van der Waals surface area contributed by atoms with E-state index in [1.807, 2.05) is 0 Å². The van der Waals surface area contributed by atoms with Gasteiger partial charge in [0.05, 0.1) is 5.75 Å². The van der Waals surface area contributed by atoms with Crippen molar-refractivity contribution in [2.24, 2.45) is 11.8 Å². The molecule has 0 amide bonds. The van der Waals surface area contributed by atoms with E-state index < -0.39 is 10.0 Å². The first-order chi connectivity index (χ1) is 8.15. The van der Waals surface area contributed by atoms with Crippen LogP contribution >= 0.6 is 0 Å². The molecular formula is C13H30N2O2S. The zero-order chi connectivity index (χ0) is 14.3. The van der Waals surface area contributed by atoms with E-state index in [4.69, 9.17) is 0 Å². The molecule has 5 heteroatoms. The van der Waals surface area contributed by atoms with Crippen LogP contribution in [0.3, 0.4) is 0 Å². The van der Waals surface area contributed by atoms with Gasteiger partial charge in [0, 0.05) is 26.7 Å². The van der Waals surface area contributed by atoms with Crippen LogP contribution in [0.1, 0.15) is 40.5 Å². The molecule has 0 aliphatic rings. The summed E-state index contributed by atoms with van der Waals surface area (Å²) in [5, 5.41) is 3.39. The van der Waals surface area contributed by atoms with Crippen molar-refractivity contribution < 1.29 is 8.42 Å². The van der Waals surface area contributed by atoms with Gasteiger partial charge >= 0.3 is 0 Å². The van der Waals surface area contributed by atoms with Gasteiger partial charge in [0.25, 0.3) is 0 Å². The fourth-order valence-electron chi connectivity index (χ4n) is 1.98. The van der Waals surface area contributed by atoms with Crippen molar-refractivity contribution in [2.75, 3.05) is 26.4 Å². The molecule has 1 N–H and O–H groups in total. The van der Waals surface area contributed by atoms with Crippen molar-refractivity contribution in [3.63, 3.8) is 0 Å². The second-order valence-electron chi connectivity index (χ2n) is 6.01. The van der Waals surface area contributed by atoms with Crippen molar-refractivity contribution in [3.8, 4) is 0 Å². The van der Waals surface area contributed by atoms with Gasteiger partial charge in [-0.25, -0.2) is 12.7 Å². The van der Waals surface area contributed by atoms with E-state index >= 15 is 0 Å². The first-order valence-electron chi connectivity index (χ1n) is 6.78. The van der Waals surface area contributed by atoms with Crippen LogP contribution in [0.4, 0.5) is 0 Å². The van der Waals surface area contributed by atoms with E-state index in [1.165, 1.54) is 4.31 Å². The summed E-state index contributed by atoms with van der Waals surface area (Å²) in [7, 11) is 0.0769. The third-order valence-corrected chi connectivity index (χ3v) is 4.69. The highest BCUT2D eigenvalue weighted by Gasteiger charge is 2.16. The van der Waals surface area contributed by atoms with Gasteiger partial charge in [-0.05, 0) is 24.7 Å². The van der Waals surface area contributed by atoms with Crippen LogP contribution in [0.15, 0.2) is 0 Å². The molecule has 0 saturated heterocycles. The number of nitrogens with one attached hydrogen (secondary N) is 1. The SMILES string of the molecule is CC(C)CC(CC(C)C)NCCS(=O)(=O)N(C)C. The predicted octanol–water partition coefficient (Wildman–Crippen LogP) is 1.93. The third kappa shape index (κ3) is 8.06. The molecule has 0 saturated carbocycles. The largest absolute Gasteiger partial charge is 0.313 e. The van der Waals surface area contributed by atoms with Gasteiger partial charge in [0.2, 0.25) is 10.0 Å². The molecule has 0 spiro atoms. The fraction of sp³-hybridized carbons (Fsp3) is 1.00. The molecule has 0 aromatic carbocycles. The second-order valence-corrected chi connectivity index (χ2v) is 8.31. The Morgan fingerprint density at radius 3 is 1.78 bits per heavy atom.